The first-order chi connectivity index (χ1) is 13.8. The second-order valence-electron chi connectivity index (χ2n) is 6.62. The van der Waals surface area contributed by atoms with Crippen molar-refractivity contribution < 1.29 is 4.79 Å². The number of fused-ring (bicyclic) bond motifs is 3. The predicted molar refractivity (Wildman–Crippen MR) is 106 cm³/mol. The maximum atomic E-state index is 12.4. The van der Waals surface area contributed by atoms with Crippen molar-refractivity contribution in [3.63, 3.8) is 0 Å². The van der Waals surface area contributed by atoms with Crippen molar-refractivity contribution in [3.05, 3.63) is 85.1 Å². The Morgan fingerprint density at radius 3 is 2.75 bits per heavy atom. The van der Waals surface area contributed by atoms with E-state index < -0.39 is 0 Å². The quantitative estimate of drug-likeness (QED) is 0.578. The second-order valence-corrected chi connectivity index (χ2v) is 6.62. The molecule has 4 aromatic rings. The Kier molecular flexibility index (Phi) is 3.90. The van der Waals surface area contributed by atoms with Crippen molar-refractivity contribution in [2.24, 2.45) is 0 Å². The average Bonchev–Trinajstić information content (AvgIpc) is 3.45. The number of amides is 2. The van der Waals surface area contributed by atoms with Gasteiger partial charge in [0.15, 0.2) is 0 Å². The highest BCUT2D eigenvalue weighted by molar-refractivity contribution is 5.89. The smallest absolute Gasteiger partial charge is 0.319 e. The van der Waals surface area contributed by atoms with Gasteiger partial charge < -0.3 is 15.2 Å². The van der Waals surface area contributed by atoms with Gasteiger partial charge in [-0.15, -0.1) is 0 Å². The Morgan fingerprint density at radius 2 is 1.93 bits per heavy atom. The molecule has 1 unspecified atom stereocenters. The lowest BCUT2D eigenvalue weighted by Gasteiger charge is -2.16. The van der Waals surface area contributed by atoms with E-state index in [1.54, 1.807) is 10.9 Å². The number of benzene rings is 2. The number of nitrogens with one attached hydrogen (secondary N) is 2. The number of rotatable bonds is 4. The number of anilines is 1. The van der Waals surface area contributed by atoms with E-state index in [-0.39, 0.29) is 12.1 Å². The molecule has 0 fully saturated rings. The van der Waals surface area contributed by atoms with E-state index >= 15 is 0 Å². The van der Waals surface area contributed by atoms with Crippen LogP contribution >= 0.6 is 0 Å². The summed E-state index contributed by atoms with van der Waals surface area (Å²) < 4.78 is 3.87. The Balaban J connectivity index is 1.25. The number of carbonyl (C=O) groups is 1. The summed E-state index contributed by atoms with van der Waals surface area (Å²) in [6, 6.07) is 17.4. The van der Waals surface area contributed by atoms with Crippen LogP contribution in [-0.4, -0.2) is 31.9 Å². The van der Waals surface area contributed by atoms with Crippen LogP contribution in [0.25, 0.3) is 16.9 Å². The van der Waals surface area contributed by atoms with E-state index in [0.29, 0.717) is 6.54 Å². The fraction of sp³-hybridized carbons (Fsp3) is 0.0952. The minimum Gasteiger partial charge on any atom is -0.335 e. The topological polar surface area (TPSA) is 76.8 Å². The first kappa shape index (κ1) is 16.3. The molecule has 0 radical (unpaired) electrons. The van der Waals surface area contributed by atoms with Gasteiger partial charge in [-0.25, -0.2) is 14.5 Å². The zero-order valence-electron chi connectivity index (χ0n) is 15.0. The van der Waals surface area contributed by atoms with Gasteiger partial charge in [0.2, 0.25) is 0 Å². The van der Waals surface area contributed by atoms with Gasteiger partial charge in [-0.3, -0.25) is 0 Å². The number of nitrogens with zero attached hydrogens (tertiary/aromatic N) is 4. The number of hydrogen-bond acceptors (Lipinski definition) is 3. The molecule has 7 heteroatoms. The lowest BCUT2D eigenvalue weighted by molar-refractivity contribution is 0.251. The van der Waals surface area contributed by atoms with Gasteiger partial charge in [0.25, 0.3) is 0 Å². The summed E-state index contributed by atoms with van der Waals surface area (Å²) >= 11 is 0. The zero-order chi connectivity index (χ0) is 18.9. The lowest BCUT2D eigenvalue weighted by atomic mass is 10.0. The molecule has 1 atom stereocenters. The molecule has 1 aliphatic rings. The summed E-state index contributed by atoms with van der Waals surface area (Å²) in [5, 5.41) is 10.0. The molecular formula is C21H18N6O. The molecule has 2 aromatic carbocycles. The van der Waals surface area contributed by atoms with Crippen LogP contribution in [0.15, 0.2) is 79.5 Å². The number of aromatic nitrogens is 4. The lowest BCUT2D eigenvalue weighted by Crippen LogP contribution is -2.33. The van der Waals surface area contributed by atoms with E-state index in [0.717, 1.165) is 17.1 Å². The van der Waals surface area contributed by atoms with Crippen LogP contribution in [0, 0.1) is 0 Å². The molecule has 0 spiro atoms. The van der Waals surface area contributed by atoms with Gasteiger partial charge in [-0.05, 0) is 35.9 Å². The summed E-state index contributed by atoms with van der Waals surface area (Å²) in [4.78, 5) is 16.6. The van der Waals surface area contributed by atoms with Gasteiger partial charge in [0, 0.05) is 30.2 Å². The Morgan fingerprint density at radius 1 is 1.07 bits per heavy atom. The van der Waals surface area contributed by atoms with E-state index in [2.05, 4.69) is 37.4 Å². The molecule has 2 amide bonds. The molecular weight excluding hydrogens is 352 g/mol. The van der Waals surface area contributed by atoms with Crippen molar-refractivity contribution >= 4 is 11.7 Å². The van der Waals surface area contributed by atoms with E-state index in [1.807, 2.05) is 61.2 Å². The summed E-state index contributed by atoms with van der Waals surface area (Å²) in [6.07, 6.45) is 7.28. The van der Waals surface area contributed by atoms with Gasteiger partial charge in [0.05, 0.1) is 29.9 Å². The SMILES string of the molecule is O=C(NCC1c2ccccc2-c2cncn21)Nc1ccc(-n2cccn2)cc1. The standard InChI is InChI=1S/C21H18N6O/c28-21(25-15-6-8-16(9-7-15)27-11-3-10-24-27)23-13-20-18-5-2-1-4-17(18)19-12-22-14-26(19)20/h1-12,14,20H,13H2,(H2,23,25,28). The summed E-state index contributed by atoms with van der Waals surface area (Å²) in [5.41, 5.74) is 5.11. The van der Waals surface area contributed by atoms with E-state index in [9.17, 15) is 4.79 Å². The maximum Gasteiger partial charge on any atom is 0.319 e. The van der Waals surface area contributed by atoms with Crippen molar-refractivity contribution in [2.45, 2.75) is 6.04 Å². The molecule has 1 aliphatic heterocycles. The Hall–Kier alpha value is -3.87. The van der Waals surface area contributed by atoms with Crippen LogP contribution in [0.5, 0.6) is 0 Å². The van der Waals surface area contributed by atoms with Gasteiger partial charge in [-0.2, -0.15) is 5.10 Å². The Bertz CT molecular complexity index is 1110. The van der Waals surface area contributed by atoms with Crippen LogP contribution in [-0.2, 0) is 0 Å². The molecule has 7 nitrogen and oxygen atoms in total. The normalized spacial score (nSPS) is 14.4. The highest BCUT2D eigenvalue weighted by Crippen LogP contribution is 2.38. The minimum absolute atomic E-state index is 0.0432. The molecule has 138 valence electrons. The number of hydrogen-bond donors (Lipinski definition) is 2. The fourth-order valence-corrected chi connectivity index (χ4v) is 3.62. The molecule has 0 saturated heterocycles. The summed E-state index contributed by atoms with van der Waals surface area (Å²) in [5.74, 6) is 0. The predicted octanol–water partition coefficient (Wildman–Crippen LogP) is 3.46. The molecule has 2 aromatic heterocycles. The first-order valence-electron chi connectivity index (χ1n) is 9.06. The van der Waals surface area contributed by atoms with E-state index in [4.69, 9.17) is 0 Å². The fourth-order valence-electron chi connectivity index (χ4n) is 3.62. The first-order valence-corrected chi connectivity index (χ1v) is 9.06. The molecule has 28 heavy (non-hydrogen) atoms. The van der Waals surface area contributed by atoms with Crippen molar-refractivity contribution in [2.75, 3.05) is 11.9 Å². The van der Waals surface area contributed by atoms with Crippen molar-refractivity contribution in [1.82, 2.24) is 24.6 Å². The van der Waals surface area contributed by atoms with Crippen molar-refractivity contribution in [3.8, 4) is 16.9 Å². The molecule has 5 rings (SSSR count). The van der Waals surface area contributed by atoms with Gasteiger partial charge in [0.1, 0.15) is 0 Å². The molecule has 0 bridgehead atoms. The highest BCUT2D eigenvalue weighted by Gasteiger charge is 2.28. The van der Waals surface area contributed by atoms with Crippen molar-refractivity contribution in [1.29, 1.82) is 0 Å². The third kappa shape index (κ3) is 2.83. The van der Waals surface area contributed by atoms with E-state index in [1.165, 1.54) is 11.1 Å². The molecule has 3 heterocycles. The third-order valence-electron chi connectivity index (χ3n) is 4.95. The maximum absolute atomic E-state index is 12.4. The number of imidazole rings is 1. The molecule has 0 aliphatic carbocycles. The van der Waals surface area contributed by atoms with Crippen LogP contribution < -0.4 is 10.6 Å². The van der Waals surface area contributed by atoms with Crippen LogP contribution in [0.1, 0.15) is 11.6 Å². The number of urea groups is 1. The third-order valence-corrected chi connectivity index (χ3v) is 4.95. The van der Waals surface area contributed by atoms with Crippen LogP contribution in [0.2, 0.25) is 0 Å². The summed E-state index contributed by atoms with van der Waals surface area (Å²) in [6.45, 7) is 0.484. The highest BCUT2D eigenvalue weighted by atomic mass is 16.2. The summed E-state index contributed by atoms with van der Waals surface area (Å²) in [7, 11) is 0. The minimum atomic E-state index is -0.238. The monoisotopic (exact) mass is 370 g/mol. The number of carbonyl (C=O) groups excluding carboxylic acids is 1. The molecule has 2 N–H and O–H groups in total. The zero-order valence-corrected chi connectivity index (χ0v) is 15.0. The Labute approximate surface area is 161 Å². The molecule has 0 saturated carbocycles. The largest absolute Gasteiger partial charge is 0.335 e. The van der Waals surface area contributed by atoms with Crippen LogP contribution in [0.4, 0.5) is 10.5 Å². The van der Waals surface area contributed by atoms with Crippen LogP contribution in [0.3, 0.4) is 0 Å². The average molecular weight is 370 g/mol. The second kappa shape index (κ2) is 6.70. The van der Waals surface area contributed by atoms with Gasteiger partial charge >= 0.3 is 6.03 Å². The van der Waals surface area contributed by atoms with Gasteiger partial charge in [-0.1, -0.05) is 24.3 Å².